The van der Waals surface area contributed by atoms with E-state index in [4.69, 9.17) is 27.9 Å². The van der Waals surface area contributed by atoms with E-state index < -0.39 is 0 Å². The fourth-order valence-electron chi connectivity index (χ4n) is 1.71. The average Bonchev–Trinajstić information content (AvgIpc) is 2.43. The van der Waals surface area contributed by atoms with Crippen LogP contribution in [0.5, 0.6) is 0 Å². The molecule has 0 N–H and O–H groups in total. The highest BCUT2D eigenvalue weighted by molar-refractivity contribution is 9.09. The first-order valence-electron chi connectivity index (χ1n) is 5.87. The summed E-state index contributed by atoms with van der Waals surface area (Å²) in [6, 6.07) is 15.4. The fourth-order valence-corrected chi connectivity index (χ4v) is 2.59. The number of benzene rings is 2. The zero-order valence-electron chi connectivity index (χ0n) is 10.2. The lowest BCUT2D eigenvalue weighted by atomic mass is 10.1. The summed E-state index contributed by atoms with van der Waals surface area (Å²) < 4.78 is 5.91. The normalized spacial score (nSPS) is 12.4. The zero-order chi connectivity index (χ0) is 13.7. The largest absolute Gasteiger partial charge is 0.368 e. The third-order valence-electron chi connectivity index (χ3n) is 2.78. The molecule has 2 aromatic rings. The van der Waals surface area contributed by atoms with Crippen LogP contribution in [0.2, 0.25) is 10.0 Å². The van der Waals surface area contributed by atoms with Crippen molar-refractivity contribution in [2.75, 3.05) is 5.33 Å². The van der Waals surface area contributed by atoms with Crippen molar-refractivity contribution >= 4 is 39.1 Å². The molecule has 2 rings (SSSR count). The monoisotopic (exact) mass is 358 g/mol. The second kappa shape index (κ2) is 7.30. The molecular weight excluding hydrogens is 347 g/mol. The maximum absolute atomic E-state index is 6.11. The van der Waals surface area contributed by atoms with Gasteiger partial charge < -0.3 is 4.74 Å². The molecule has 0 aliphatic rings. The van der Waals surface area contributed by atoms with Crippen molar-refractivity contribution < 1.29 is 4.74 Å². The molecule has 0 spiro atoms. The van der Waals surface area contributed by atoms with Gasteiger partial charge in [0.05, 0.1) is 12.7 Å². The molecule has 1 unspecified atom stereocenters. The van der Waals surface area contributed by atoms with Gasteiger partial charge in [0.2, 0.25) is 0 Å². The summed E-state index contributed by atoms with van der Waals surface area (Å²) in [6.07, 6.45) is -0.0199. The van der Waals surface area contributed by atoms with Gasteiger partial charge in [0.15, 0.2) is 0 Å². The Labute approximate surface area is 131 Å². The average molecular weight is 360 g/mol. The van der Waals surface area contributed by atoms with Crippen molar-refractivity contribution in [3.63, 3.8) is 0 Å². The van der Waals surface area contributed by atoms with E-state index in [1.54, 1.807) is 0 Å². The Morgan fingerprint density at radius 1 is 1.00 bits per heavy atom. The second-order valence-electron chi connectivity index (χ2n) is 4.10. The second-order valence-corrected chi connectivity index (χ2v) is 5.59. The molecule has 100 valence electrons. The van der Waals surface area contributed by atoms with Gasteiger partial charge >= 0.3 is 0 Å². The SMILES string of the molecule is Clc1ccc(C(CBr)OCc2ccccc2Cl)cc1. The Bertz CT molecular complexity index is 528. The van der Waals surface area contributed by atoms with Crippen LogP contribution in [0.25, 0.3) is 0 Å². The molecule has 0 aromatic heterocycles. The van der Waals surface area contributed by atoms with Crippen LogP contribution in [0, 0.1) is 0 Å². The molecule has 19 heavy (non-hydrogen) atoms. The van der Waals surface area contributed by atoms with Gasteiger partial charge in [0.1, 0.15) is 0 Å². The molecule has 0 saturated carbocycles. The molecule has 0 heterocycles. The quantitative estimate of drug-likeness (QED) is 0.627. The Balaban J connectivity index is 2.04. The molecule has 2 aromatic carbocycles. The van der Waals surface area contributed by atoms with E-state index in [-0.39, 0.29) is 6.10 Å². The Kier molecular flexibility index (Phi) is 5.71. The molecule has 1 atom stereocenters. The minimum absolute atomic E-state index is 0.0199. The van der Waals surface area contributed by atoms with Crippen LogP contribution in [-0.2, 0) is 11.3 Å². The van der Waals surface area contributed by atoms with Gasteiger partial charge in [-0.15, -0.1) is 0 Å². The third kappa shape index (κ3) is 4.22. The fraction of sp³-hybridized carbons (Fsp3) is 0.200. The number of hydrogen-bond acceptors (Lipinski definition) is 1. The van der Waals surface area contributed by atoms with E-state index >= 15 is 0 Å². The van der Waals surface area contributed by atoms with Gasteiger partial charge in [-0.2, -0.15) is 0 Å². The smallest absolute Gasteiger partial charge is 0.0926 e. The van der Waals surface area contributed by atoms with Gasteiger partial charge in [0.25, 0.3) is 0 Å². The van der Waals surface area contributed by atoms with E-state index in [0.717, 1.165) is 26.5 Å². The molecule has 0 amide bonds. The summed E-state index contributed by atoms with van der Waals surface area (Å²) in [4.78, 5) is 0. The molecule has 1 nitrogen and oxygen atoms in total. The zero-order valence-corrected chi connectivity index (χ0v) is 13.3. The van der Waals surface area contributed by atoms with Crippen LogP contribution in [-0.4, -0.2) is 5.33 Å². The van der Waals surface area contributed by atoms with E-state index in [2.05, 4.69) is 15.9 Å². The number of ether oxygens (including phenoxy) is 1. The highest BCUT2D eigenvalue weighted by Gasteiger charge is 2.11. The molecule has 0 aliphatic carbocycles. The highest BCUT2D eigenvalue weighted by atomic mass is 79.9. The lowest BCUT2D eigenvalue weighted by Crippen LogP contribution is -2.06. The summed E-state index contributed by atoms with van der Waals surface area (Å²) in [5, 5.41) is 2.18. The van der Waals surface area contributed by atoms with Crippen molar-refractivity contribution in [3.8, 4) is 0 Å². The molecular formula is C15H13BrCl2O. The van der Waals surface area contributed by atoms with Gasteiger partial charge in [-0.05, 0) is 29.3 Å². The van der Waals surface area contributed by atoms with Crippen molar-refractivity contribution in [1.29, 1.82) is 0 Å². The predicted molar refractivity (Wildman–Crippen MR) is 84.2 cm³/mol. The molecule has 0 radical (unpaired) electrons. The van der Waals surface area contributed by atoms with Gasteiger partial charge in [0, 0.05) is 15.4 Å². The summed E-state index contributed by atoms with van der Waals surface area (Å²) in [5.41, 5.74) is 2.08. The number of halogens is 3. The van der Waals surface area contributed by atoms with Crippen LogP contribution in [0.4, 0.5) is 0 Å². The summed E-state index contributed by atoms with van der Waals surface area (Å²) in [7, 11) is 0. The van der Waals surface area contributed by atoms with Gasteiger partial charge in [-0.25, -0.2) is 0 Å². The number of alkyl halides is 1. The number of rotatable bonds is 5. The van der Waals surface area contributed by atoms with Crippen LogP contribution >= 0.6 is 39.1 Å². The lowest BCUT2D eigenvalue weighted by Gasteiger charge is -2.16. The van der Waals surface area contributed by atoms with Gasteiger partial charge in [-0.1, -0.05) is 69.5 Å². The maximum atomic E-state index is 6.11. The first kappa shape index (κ1) is 14.9. The van der Waals surface area contributed by atoms with Gasteiger partial charge in [-0.3, -0.25) is 0 Å². The summed E-state index contributed by atoms with van der Waals surface area (Å²) in [6.45, 7) is 0.485. The van der Waals surface area contributed by atoms with E-state index in [9.17, 15) is 0 Å². The predicted octanol–water partition coefficient (Wildman–Crippen LogP) is 5.65. The Hall–Kier alpha value is -0.540. The van der Waals surface area contributed by atoms with Crippen LogP contribution in [0.1, 0.15) is 17.2 Å². The van der Waals surface area contributed by atoms with E-state index in [0.29, 0.717) is 6.61 Å². The van der Waals surface area contributed by atoms with Crippen LogP contribution < -0.4 is 0 Å². The topological polar surface area (TPSA) is 9.23 Å². The lowest BCUT2D eigenvalue weighted by molar-refractivity contribution is 0.0566. The standard InChI is InChI=1S/C15H13BrCl2O/c16-9-15(11-5-7-13(17)8-6-11)19-10-12-3-1-2-4-14(12)18/h1-8,15H,9-10H2. The van der Waals surface area contributed by atoms with E-state index in [1.165, 1.54) is 0 Å². The van der Waals surface area contributed by atoms with Crippen molar-refractivity contribution in [1.82, 2.24) is 0 Å². The first-order valence-corrected chi connectivity index (χ1v) is 7.75. The number of hydrogen-bond donors (Lipinski definition) is 0. The molecule has 4 heteroatoms. The van der Waals surface area contributed by atoms with Crippen molar-refractivity contribution in [2.24, 2.45) is 0 Å². The first-order chi connectivity index (χ1) is 9.20. The van der Waals surface area contributed by atoms with E-state index in [1.807, 2.05) is 48.5 Å². The molecule has 0 saturated heterocycles. The van der Waals surface area contributed by atoms with Crippen molar-refractivity contribution in [2.45, 2.75) is 12.7 Å². The maximum Gasteiger partial charge on any atom is 0.0926 e. The third-order valence-corrected chi connectivity index (χ3v) is 3.99. The molecule has 0 aliphatic heterocycles. The molecule has 0 fully saturated rings. The molecule has 0 bridgehead atoms. The highest BCUT2D eigenvalue weighted by Crippen LogP contribution is 2.24. The van der Waals surface area contributed by atoms with Crippen LogP contribution in [0.3, 0.4) is 0 Å². The summed E-state index contributed by atoms with van der Waals surface area (Å²) in [5.74, 6) is 0. The van der Waals surface area contributed by atoms with Crippen LogP contribution in [0.15, 0.2) is 48.5 Å². The Morgan fingerprint density at radius 3 is 2.32 bits per heavy atom. The van der Waals surface area contributed by atoms with Crippen molar-refractivity contribution in [3.05, 3.63) is 69.7 Å². The minimum Gasteiger partial charge on any atom is -0.368 e. The summed E-state index contributed by atoms with van der Waals surface area (Å²) >= 11 is 15.5. The Morgan fingerprint density at radius 2 is 1.68 bits per heavy atom. The minimum atomic E-state index is -0.0199.